The van der Waals surface area contributed by atoms with Crippen molar-refractivity contribution < 1.29 is 9.53 Å². The minimum Gasteiger partial charge on any atom is -0.381 e. The molecule has 0 radical (unpaired) electrons. The molecule has 3 saturated heterocycles. The highest BCUT2D eigenvalue weighted by molar-refractivity contribution is 7.09. The van der Waals surface area contributed by atoms with Crippen LogP contribution >= 0.6 is 11.3 Å². The third kappa shape index (κ3) is 3.04. The molecule has 3 aliphatic heterocycles. The maximum absolute atomic E-state index is 13.1. The number of hydrogen-bond donors (Lipinski definition) is 0. The van der Waals surface area contributed by atoms with Gasteiger partial charge in [0.25, 0.3) is 0 Å². The molecule has 126 valence electrons. The third-order valence-electron chi connectivity index (χ3n) is 5.77. The van der Waals surface area contributed by atoms with E-state index < -0.39 is 0 Å². The number of amides is 1. The largest absolute Gasteiger partial charge is 0.381 e. The lowest BCUT2D eigenvalue weighted by molar-refractivity contribution is -0.139. The number of aromatic nitrogens is 1. The van der Waals surface area contributed by atoms with E-state index in [2.05, 4.69) is 14.8 Å². The summed E-state index contributed by atoms with van der Waals surface area (Å²) in [5.74, 6) is 0.538. The highest BCUT2D eigenvalue weighted by Crippen LogP contribution is 2.45. The van der Waals surface area contributed by atoms with E-state index in [0.717, 1.165) is 76.6 Å². The fraction of sp³-hybridized carbons (Fsp3) is 0.765. The third-order valence-corrected chi connectivity index (χ3v) is 6.53. The van der Waals surface area contributed by atoms with Gasteiger partial charge in [0, 0.05) is 56.4 Å². The Labute approximate surface area is 141 Å². The van der Waals surface area contributed by atoms with Gasteiger partial charge in [0.1, 0.15) is 5.01 Å². The molecule has 1 aromatic heterocycles. The fourth-order valence-electron chi connectivity index (χ4n) is 4.50. The van der Waals surface area contributed by atoms with Crippen LogP contribution in [0.5, 0.6) is 0 Å². The number of nitrogens with zero attached hydrogens (tertiary/aromatic N) is 3. The molecule has 1 aromatic rings. The average molecular weight is 335 g/mol. The van der Waals surface area contributed by atoms with E-state index in [1.54, 1.807) is 11.3 Å². The van der Waals surface area contributed by atoms with Crippen molar-refractivity contribution in [3.8, 4) is 0 Å². The summed E-state index contributed by atoms with van der Waals surface area (Å²) in [5, 5.41) is 3.18. The fourth-order valence-corrected chi connectivity index (χ4v) is 5.15. The molecule has 3 aliphatic rings. The van der Waals surface area contributed by atoms with Crippen molar-refractivity contribution in [2.24, 2.45) is 11.3 Å². The Morgan fingerprint density at radius 2 is 2.13 bits per heavy atom. The van der Waals surface area contributed by atoms with E-state index in [-0.39, 0.29) is 11.3 Å². The predicted molar refractivity (Wildman–Crippen MR) is 89.2 cm³/mol. The summed E-state index contributed by atoms with van der Waals surface area (Å²) in [6, 6.07) is 0. The summed E-state index contributed by atoms with van der Waals surface area (Å²) in [6.45, 7) is 6.28. The van der Waals surface area contributed by atoms with E-state index in [1.165, 1.54) is 0 Å². The smallest absolute Gasteiger partial charge is 0.227 e. The van der Waals surface area contributed by atoms with Crippen LogP contribution in [-0.4, -0.2) is 60.1 Å². The van der Waals surface area contributed by atoms with E-state index in [1.807, 2.05) is 11.6 Å². The van der Waals surface area contributed by atoms with E-state index in [9.17, 15) is 4.79 Å². The van der Waals surface area contributed by atoms with Gasteiger partial charge in [0.05, 0.1) is 12.5 Å². The lowest BCUT2D eigenvalue weighted by Gasteiger charge is -2.38. The topological polar surface area (TPSA) is 45.7 Å². The van der Waals surface area contributed by atoms with E-state index in [4.69, 9.17) is 4.74 Å². The maximum atomic E-state index is 13.1. The second-order valence-electron chi connectivity index (χ2n) is 7.16. The Bertz CT molecular complexity index is 536. The number of hydrogen-bond acceptors (Lipinski definition) is 5. The van der Waals surface area contributed by atoms with Crippen molar-refractivity contribution in [1.29, 1.82) is 0 Å². The van der Waals surface area contributed by atoms with Gasteiger partial charge in [0.15, 0.2) is 0 Å². The van der Waals surface area contributed by atoms with Gasteiger partial charge in [-0.2, -0.15) is 0 Å². The average Bonchev–Trinajstić information content (AvgIpc) is 3.30. The van der Waals surface area contributed by atoms with Crippen molar-refractivity contribution in [2.45, 2.75) is 32.2 Å². The van der Waals surface area contributed by atoms with Gasteiger partial charge in [-0.05, 0) is 25.7 Å². The number of carbonyl (C=O) groups is 1. The molecule has 0 aromatic carbocycles. The standard InChI is InChI=1S/C17H25N3O2S/c21-16(20-6-1-2-7-20)14-11-19(12-15-18-5-10-23-15)13-17(14)3-8-22-9-4-17/h5,10,14H,1-4,6-9,11-13H2/t14-/m0/s1. The Morgan fingerprint density at radius 1 is 1.35 bits per heavy atom. The molecule has 1 amide bonds. The van der Waals surface area contributed by atoms with Crippen LogP contribution in [-0.2, 0) is 16.1 Å². The molecule has 6 heteroatoms. The molecule has 0 unspecified atom stereocenters. The minimum atomic E-state index is 0.120. The zero-order chi connectivity index (χ0) is 15.7. The van der Waals surface area contributed by atoms with Crippen LogP contribution < -0.4 is 0 Å². The van der Waals surface area contributed by atoms with Crippen molar-refractivity contribution in [1.82, 2.24) is 14.8 Å². The highest BCUT2D eigenvalue weighted by Gasteiger charge is 2.51. The molecule has 1 atom stereocenters. The maximum Gasteiger partial charge on any atom is 0.227 e. The summed E-state index contributed by atoms with van der Waals surface area (Å²) < 4.78 is 5.60. The first kappa shape index (κ1) is 15.5. The van der Waals surface area contributed by atoms with E-state index in [0.29, 0.717) is 5.91 Å². The summed E-state index contributed by atoms with van der Waals surface area (Å²) in [6.07, 6.45) is 6.24. The van der Waals surface area contributed by atoms with Crippen LogP contribution in [0.2, 0.25) is 0 Å². The number of thiazole rings is 1. The van der Waals surface area contributed by atoms with Crippen LogP contribution in [0, 0.1) is 11.3 Å². The molecule has 4 rings (SSSR count). The van der Waals surface area contributed by atoms with Gasteiger partial charge in [-0.15, -0.1) is 11.3 Å². The second-order valence-corrected chi connectivity index (χ2v) is 8.13. The predicted octanol–water partition coefficient (Wildman–Crippen LogP) is 1.99. The number of ether oxygens (including phenoxy) is 1. The van der Waals surface area contributed by atoms with Gasteiger partial charge >= 0.3 is 0 Å². The normalized spacial score (nSPS) is 27.8. The molecular formula is C17H25N3O2S. The van der Waals surface area contributed by atoms with Gasteiger partial charge in [-0.1, -0.05) is 0 Å². The van der Waals surface area contributed by atoms with Gasteiger partial charge in [-0.25, -0.2) is 4.98 Å². The van der Waals surface area contributed by atoms with Gasteiger partial charge in [0.2, 0.25) is 5.91 Å². The van der Waals surface area contributed by atoms with Gasteiger partial charge in [-0.3, -0.25) is 9.69 Å². The lowest BCUT2D eigenvalue weighted by Crippen LogP contribution is -2.45. The molecule has 0 bridgehead atoms. The first-order chi connectivity index (χ1) is 11.3. The highest BCUT2D eigenvalue weighted by atomic mass is 32.1. The zero-order valence-corrected chi connectivity index (χ0v) is 14.4. The first-order valence-corrected chi connectivity index (χ1v) is 9.62. The molecule has 1 spiro atoms. The Kier molecular flexibility index (Phi) is 4.39. The molecule has 5 nitrogen and oxygen atoms in total. The summed E-state index contributed by atoms with van der Waals surface area (Å²) in [5.41, 5.74) is 0.120. The molecule has 0 aliphatic carbocycles. The second kappa shape index (κ2) is 6.49. The van der Waals surface area contributed by atoms with E-state index >= 15 is 0 Å². The van der Waals surface area contributed by atoms with Crippen molar-refractivity contribution in [3.63, 3.8) is 0 Å². The molecule has 3 fully saturated rings. The number of carbonyl (C=O) groups excluding carboxylic acids is 1. The van der Waals surface area contributed by atoms with Crippen molar-refractivity contribution in [3.05, 3.63) is 16.6 Å². The number of likely N-dealkylation sites (tertiary alicyclic amines) is 2. The van der Waals surface area contributed by atoms with Gasteiger partial charge < -0.3 is 9.64 Å². The van der Waals surface area contributed by atoms with Crippen LogP contribution in [0.4, 0.5) is 0 Å². The quantitative estimate of drug-likeness (QED) is 0.847. The molecule has 0 saturated carbocycles. The first-order valence-electron chi connectivity index (χ1n) is 8.74. The van der Waals surface area contributed by atoms with Crippen LogP contribution in [0.1, 0.15) is 30.7 Å². The summed E-state index contributed by atoms with van der Waals surface area (Å²) in [4.78, 5) is 22.1. The molecule has 0 N–H and O–H groups in total. The monoisotopic (exact) mass is 335 g/mol. The Morgan fingerprint density at radius 3 is 2.83 bits per heavy atom. The SMILES string of the molecule is O=C([C@@H]1CN(Cc2nccs2)CC12CCOCC2)N1CCCC1. The van der Waals surface area contributed by atoms with Crippen LogP contribution in [0.15, 0.2) is 11.6 Å². The van der Waals surface area contributed by atoms with Crippen molar-refractivity contribution in [2.75, 3.05) is 39.4 Å². The van der Waals surface area contributed by atoms with Crippen LogP contribution in [0.3, 0.4) is 0 Å². The Hall–Kier alpha value is -0.980. The molecular weight excluding hydrogens is 310 g/mol. The number of rotatable bonds is 3. The Balaban J connectivity index is 1.52. The molecule has 4 heterocycles. The lowest BCUT2D eigenvalue weighted by atomic mass is 9.71. The molecule has 23 heavy (non-hydrogen) atoms. The van der Waals surface area contributed by atoms with Crippen LogP contribution in [0.25, 0.3) is 0 Å². The summed E-state index contributed by atoms with van der Waals surface area (Å²) >= 11 is 1.71. The van der Waals surface area contributed by atoms with Crippen molar-refractivity contribution >= 4 is 17.2 Å². The minimum absolute atomic E-state index is 0.120. The zero-order valence-electron chi connectivity index (χ0n) is 13.6. The summed E-state index contributed by atoms with van der Waals surface area (Å²) in [7, 11) is 0.